The number of hydrogen-bond donors (Lipinski definition) is 0. The summed E-state index contributed by atoms with van der Waals surface area (Å²) in [5.74, 6) is -0.953. The van der Waals surface area contributed by atoms with Crippen LogP contribution in [0.1, 0.15) is 38.4 Å². The van der Waals surface area contributed by atoms with Gasteiger partial charge in [-0.2, -0.15) is 26.3 Å². The monoisotopic (exact) mass is 348 g/mol. The van der Waals surface area contributed by atoms with Crippen LogP contribution in [0.3, 0.4) is 0 Å². The smallest absolute Gasteiger partial charge is 0.289 e. The fraction of sp³-hybridized carbons (Fsp3) is 0.267. The number of ketones is 1. The number of halogens is 6. The summed E-state index contributed by atoms with van der Waals surface area (Å²) in [6.07, 6.45) is -7.95. The summed E-state index contributed by atoms with van der Waals surface area (Å²) >= 11 is 0. The van der Waals surface area contributed by atoms with Gasteiger partial charge in [0.05, 0.1) is 0 Å². The molecule has 0 saturated carbocycles. The van der Waals surface area contributed by atoms with Crippen LogP contribution in [-0.2, 0) is 12.4 Å². The van der Waals surface area contributed by atoms with E-state index >= 15 is 0 Å². The van der Waals surface area contributed by atoms with E-state index in [2.05, 4.69) is 9.97 Å². The molecule has 0 atom stereocenters. The molecule has 128 valence electrons. The molecule has 0 aliphatic heterocycles. The molecule has 0 spiro atoms. The highest BCUT2D eigenvalue weighted by atomic mass is 19.4. The molecule has 0 radical (unpaired) electrons. The molecule has 0 saturated heterocycles. The Morgan fingerprint density at radius 2 is 1.12 bits per heavy atom. The molecule has 0 amide bonds. The molecule has 2 heterocycles. The summed E-state index contributed by atoms with van der Waals surface area (Å²) in [7, 11) is 0. The average molecular weight is 348 g/mol. The van der Waals surface area contributed by atoms with Gasteiger partial charge in [-0.1, -0.05) is 0 Å². The number of nitrogens with zero attached hydrogens (tertiary/aromatic N) is 2. The maximum atomic E-state index is 12.9. The molecule has 0 aliphatic rings. The van der Waals surface area contributed by atoms with Gasteiger partial charge >= 0.3 is 12.4 Å². The SMILES string of the molecule is Cc1c(C(=O)c2ccnc(C(F)(F)F)c2C)ccnc1C(F)(F)F. The van der Waals surface area contributed by atoms with Gasteiger partial charge in [-0.15, -0.1) is 0 Å². The van der Waals surface area contributed by atoms with Gasteiger partial charge in [0.1, 0.15) is 11.4 Å². The van der Waals surface area contributed by atoms with Crippen molar-refractivity contribution in [2.45, 2.75) is 26.2 Å². The van der Waals surface area contributed by atoms with Crippen molar-refractivity contribution in [3.8, 4) is 0 Å². The van der Waals surface area contributed by atoms with Crippen molar-refractivity contribution in [1.82, 2.24) is 9.97 Å². The lowest BCUT2D eigenvalue weighted by atomic mass is 9.95. The molecule has 24 heavy (non-hydrogen) atoms. The minimum atomic E-state index is -4.77. The van der Waals surface area contributed by atoms with Gasteiger partial charge < -0.3 is 0 Å². The topological polar surface area (TPSA) is 42.9 Å². The van der Waals surface area contributed by atoms with Crippen molar-refractivity contribution in [3.63, 3.8) is 0 Å². The van der Waals surface area contributed by atoms with Crippen LogP contribution in [0.4, 0.5) is 26.3 Å². The van der Waals surface area contributed by atoms with Gasteiger partial charge in [-0.05, 0) is 37.1 Å². The number of aromatic nitrogens is 2. The molecule has 9 heteroatoms. The normalized spacial score (nSPS) is 12.3. The van der Waals surface area contributed by atoms with Crippen LogP contribution in [0.5, 0.6) is 0 Å². The van der Waals surface area contributed by atoms with E-state index in [4.69, 9.17) is 0 Å². The van der Waals surface area contributed by atoms with Crippen LogP contribution in [0.15, 0.2) is 24.5 Å². The largest absolute Gasteiger partial charge is 0.433 e. The second-order valence-electron chi connectivity index (χ2n) is 4.99. The van der Waals surface area contributed by atoms with Gasteiger partial charge in [0, 0.05) is 23.5 Å². The van der Waals surface area contributed by atoms with Gasteiger partial charge in [-0.3, -0.25) is 14.8 Å². The summed E-state index contributed by atoms with van der Waals surface area (Å²) in [4.78, 5) is 18.8. The zero-order valence-electron chi connectivity index (χ0n) is 12.4. The molecule has 0 aliphatic carbocycles. The maximum absolute atomic E-state index is 12.9. The molecule has 2 rings (SSSR count). The fourth-order valence-electron chi connectivity index (χ4n) is 2.28. The summed E-state index contributed by atoms with van der Waals surface area (Å²) in [6.45, 7) is 2.09. The van der Waals surface area contributed by atoms with E-state index in [0.717, 1.165) is 38.4 Å². The Hall–Kier alpha value is -2.45. The Kier molecular flexibility index (Phi) is 4.38. The highest BCUT2D eigenvalue weighted by molar-refractivity contribution is 6.10. The van der Waals surface area contributed by atoms with E-state index in [-0.39, 0.29) is 11.1 Å². The van der Waals surface area contributed by atoms with E-state index in [1.54, 1.807) is 0 Å². The highest BCUT2D eigenvalue weighted by Crippen LogP contribution is 2.34. The molecule has 3 nitrogen and oxygen atoms in total. The Balaban J connectivity index is 2.60. The molecule has 2 aromatic rings. The first-order chi connectivity index (χ1) is 10.9. The Morgan fingerprint density at radius 1 is 0.792 bits per heavy atom. The molecule has 0 bridgehead atoms. The quantitative estimate of drug-likeness (QED) is 0.598. The summed E-state index contributed by atoms with van der Waals surface area (Å²) in [6, 6.07) is 2.08. The van der Waals surface area contributed by atoms with E-state index in [9.17, 15) is 31.1 Å². The Bertz CT molecular complexity index is 730. The maximum Gasteiger partial charge on any atom is 0.433 e. The number of carbonyl (C=O) groups is 1. The van der Waals surface area contributed by atoms with Crippen LogP contribution in [0.2, 0.25) is 0 Å². The van der Waals surface area contributed by atoms with Crippen molar-refractivity contribution in [2.24, 2.45) is 0 Å². The number of alkyl halides is 6. The third kappa shape index (κ3) is 3.24. The van der Waals surface area contributed by atoms with Gasteiger partial charge in [0.2, 0.25) is 0 Å². The molecule has 0 N–H and O–H groups in total. The third-order valence-electron chi connectivity index (χ3n) is 3.43. The van der Waals surface area contributed by atoms with Crippen molar-refractivity contribution in [2.75, 3.05) is 0 Å². The Labute approximate surface area is 132 Å². The van der Waals surface area contributed by atoms with Crippen LogP contribution in [0, 0.1) is 13.8 Å². The summed E-state index contributed by atoms with van der Waals surface area (Å²) in [5, 5.41) is 0. The minimum Gasteiger partial charge on any atom is -0.289 e. The van der Waals surface area contributed by atoms with Crippen molar-refractivity contribution in [1.29, 1.82) is 0 Å². The number of rotatable bonds is 2. The first kappa shape index (κ1) is 17.9. The van der Waals surface area contributed by atoms with E-state index in [0.29, 0.717) is 0 Å². The standard InChI is InChI=1S/C15H10F6N2O/c1-7-9(3-5-22-12(7)14(16,17)18)11(24)10-4-6-23-13(8(10)2)15(19,20)21/h3-6H,1-2H3. The minimum absolute atomic E-state index is 0.361. The predicted molar refractivity (Wildman–Crippen MR) is 71.4 cm³/mol. The van der Waals surface area contributed by atoms with Gasteiger partial charge in [0.25, 0.3) is 0 Å². The van der Waals surface area contributed by atoms with Gasteiger partial charge in [-0.25, -0.2) is 0 Å². The van der Waals surface area contributed by atoms with E-state index in [1.807, 2.05) is 0 Å². The lowest BCUT2D eigenvalue weighted by Crippen LogP contribution is -2.17. The molecular formula is C15H10F6N2O. The molecule has 0 fully saturated rings. The lowest BCUT2D eigenvalue weighted by molar-refractivity contribution is -0.142. The number of carbonyl (C=O) groups excluding carboxylic acids is 1. The average Bonchev–Trinajstić information content (AvgIpc) is 2.44. The second-order valence-corrected chi connectivity index (χ2v) is 4.99. The van der Waals surface area contributed by atoms with Crippen LogP contribution < -0.4 is 0 Å². The van der Waals surface area contributed by atoms with Crippen molar-refractivity contribution < 1.29 is 31.1 Å². The first-order valence-corrected chi connectivity index (χ1v) is 6.55. The van der Waals surface area contributed by atoms with Crippen molar-refractivity contribution in [3.05, 3.63) is 58.2 Å². The summed E-state index contributed by atoms with van der Waals surface area (Å²) in [5.41, 5.74) is -4.12. The predicted octanol–water partition coefficient (Wildman–Crippen LogP) is 4.36. The zero-order chi connectivity index (χ0) is 18.3. The highest BCUT2D eigenvalue weighted by Gasteiger charge is 2.37. The van der Waals surface area contributed by atoms with E-state index in [1.165, 1.54) is 0 Å². The van der Waals surface area contributed by atoms with Crippen molar-refractivity contribution >= 4 is 5.78 Å². The number of hydrogen-bond acceptors (Lipinski definition) is 3. The number of pyridine rings is 2. The van der Waals surface area contributed by atoms with Crippen LogP contribution >= 0.6 is 0 Å². The zero-order valence-corrected chi connectivity index (χ0v) is 12.4. The Morgan fingerprint density at radius 3 is 1.42 bits per heavy atom. The first-order valence-electron chi connectivity index (χ1n) is 6.55. The fourth-order valence-corrected chi connectivity index (χ4v) is 2.28. The lowest BCUT2D eigenvalue weighted by Gasteiger charge is -2.15. The van der Waals surface area contributed by atoms with E-state index < -0.39 is 40.7 Å². The van der Waals surface area contributed by atoms with Crippen LogP contribution in [0.25, 0.3) is 0 Å². The van der Waals surface area contributed by atoms with Crippen LogP contribution in [-0.4, -0.2) is 15.8 Å². The molecule has 0 aromatic carbocycles. The third-order valence-corrected chi connectivity index (χ3v) is 3.43. The second kappa shape index (κ2) is 5.88. The summed E-state index contributed by atoms with van der Waals surface area (Å²) < 4.78 is 77.2. The molecule has 0 unspecified atom stereocenters. The molecular weight excluding hydrogens is 338 g/mol. The molecule has 2 aromatic heterocycles. The van der Waals surface area contributed by atoms with Gasteiger partial charge in [0.15, 0.2) is 5.78 Å².